The molecule has 1 aliphatic heterocycles. The summed E-state index contributed by atoms with van der Waals surface area (Å²) in [5.41, 5.74) is 1.73. The Morgan fingerprint density at radius 2 is 1.87 bits per heavy atom. The standard InChI is InChI=1S/C18H19NO3S/c20-17(15-4-2-1-3-5-15)19-9-6-16(7-10-19)18(21)22-12-14-8-11-23-13-14/h1-5,8,11,13,16H,6-7,9-10,12H2. The minimum atomic E-state index is -0.150. The monoisotopic (exact) mass is 329 g/mol. The van der Waals surface area contributed by atoms with Crippen LogP contribution in [0.3, 0.4) is 0 Å². The first kappa shape index (κ1) is 15.7. The Balaban J connectivity index is 1.48. The maximum Gasteiger partial charge on any atom is 0.309 e. The van der Waals surface area contributed by atoms with Crippen molar-refractivity contribution in [2.24, 2.45) is 5.92 Å². The van der Waals surface area contributed by atoms with Crippen molar-refractivity contribution in [2.45, 2.75) is 19.4 Å². The van der Waals surface area contributed by atoms with E-state index in [1.165, 1.54) is 0 Å². The van der Waals surface area contributed by atoms with Gasteiger partial charge in [0.15, 0.2) is 0 Å². The summed E-state index contributed by atoms with van der Waals surface area (Å²) in [5, 5.41) is 3.95. The largest absolute Gasteiger partial charge is 0.461 e. The topological polar surface area (TPSA) is 46.6 Å². The Morgan fingerprint density at radius 3 is 2.52 bits per heavy atom. The quantitative estimate of drug-likeness (QED) is 0.808. The molecule has 23 heavy (non-hydrogen) atoms. The minimum Gasteiger partial charge on any atom is -0.461 e. The van der Waals surface area contributed by atoms with Crippen LogP contribution in [0.5, 0.6) is 0 Å². The number of piperidine rings is 1. The number of amides is 1. The van der Waals surface area contributed by atoms with Crippen molar-refractivity contribution in [3.05, 3.63) is 58.3 Å². The summed E-state index contributed by atoms with van der Waals surface area (Å²) in [4.78, 5) is 26.3. The van der Waals surface area contributed by atoms with Crippen LogP contribution >= 0.6 is 11.3 Å². The number of hydrogen-bond donors (Lipinski definition) is 0. The SMILES string of the molecule is O=C(OCc1ccsc1)C1CCN(C(=O)c2ccccc2)CC1. The van der Waals surface area contributed by atoms with E-state index < -0.39 is 0 Å². The molecule has 120 valence electrons. The summed E-state index contributed by atoms with van der Waals surface area (Å²) in [6.07, 6.45) is 1.34. The number of esters is 1. The van der Waals surface area contributed by atoms with Gasteiger partial charge in [-0.3, -0.25) is 9.59 Å². The van der Waals surface area contributed by atoms with Crippen LogP contribution in [-0.2, 0) is 16.1 Å². The third-order valence-electron chi connectivity index (χ3n) is 4.10. The fourth-order valence-corrected chi connectivity index (χ4v) is 3.38. The highest BCUT2D eigenvalue weighted by Crippen LogP contribution is 2.21. The second-order valence-electron chi connectivity index (χ2n) is 5.67. The maximum absolute atomic E-state index is 12.4. The van der Waals surface area contributed by atoms with Gasteiger partial charge in [0.05, 0.1) is 5.92 Å². The average Bonchev–Trinajstić information content (AvgIpc) is 3.13. The summed E-state index contributed by atoms with van der Waals surface area (Å²) < 4.78 is 5.37. The van der Waals surface area contributed by atoms with Gasteiger partial charge in [-0.2, -0.15) is 11.3 Å². The molecule has 2 aromatic rings. The van der Waals surface area contributed by atoms with Gasteiger partial charge in [0.25, 0.3) is 5.91 Å². The zero-order chi connectivity index (χ0) is 16.1. The van der Waals surface area contributed by atoms with Gasteiger partial charge in [-0.25, -0.2) is 0 Å². The predicted octanol–water partition coefficient (Wildman–Crippen LogP) is 3.34. The molecule has 0 aliphatic carbocycles. The lowest BCUT2D eigenvalue weighted by Crippen LogP contribution is -2.40. The van der Waals surface area contributed by atoms with Crippen LogP contribution in [0.1, 0.15) is 28.8 Å². The molecular weight excluding hydrogens is 310 g/mol. The van der Waals surface area contributed by atoms with Crippen LogP contribution in [-0.4, -0.2) is 29.9 Å². The Labute approximate surface area is 139 Å². The van der Waals surface area contributed by atoms with Gasteiger partial charge in [-0.1, -0.05) is 18.2 Å². The second kappa shape index (κ2) is 7.42. The number of rotatable bonds is 4. The van der Waals surface area contributed by atoms with E-state index in [4.69, 9.17) is 4.74 Å². The van der Waals surface area contributed by atoms with E-state index in [0.29, 0.717) is 38.1 Å². The first-order chi connectivity index (χ1) is 11.2. The molecule has 0 saturated carbocycles. The van der Waals surface area contributed by atoms with E-state index in [1.54, 1.807) is 11.3 Å². The zero-order valence-electron chi connectivity index (χ0n) is 12.8. The number of thiophene rings is 1. The molecule has 1 aliphatic rings. The highest BCUT2D eigenvalue weighted by Gasteiger charge is 2.28. The first-order valence-corrected chi connectivity index (χ1v) is 8.70. The van der Waals surface area contributed by atoms with E-state index in [1.807, 2.05) is 52.1 Å². The number of benzene rings is 1. The molecule has 0 radical (unpaired) electrons. The van der Waals surface area contributed by atoms with Crippen molar-refractivity contribution in [1.29, 1.82) is 0 Å². The lowest BCUT2D eigenvalue weighted by atomic mass is 9.96. The summed E-state index contributed by atoms with van der Waals surface area (Å²) in [6.45, 7) is 1.55. The lowest BCUT2D eigenvalue weighted by Gasteiger charge is -2.31. The van der Waals surface area contributed by atoms with E-state index in [0.717, 1.165) is 5.56 Å². The lowest BCUT2D eigenvalue weighted by molar-refractivity contribution is -0.151. The Bertz CT molecular complexity index is 646. The van der Waals surface area contributed by atoms with E-state index >= 15 is 0 Å². The van der Waals surface area contributed by atoms with E-state index in [2.05, 4.69) is 0 Å². The van der Waals surface area contributed by atoms with E-state index in [9.17, 15) is 9.59 Å². The highest BCUT2D eigenvalue weighted by molar-refractivity contribution is 7.07. The van der Waals surface area contributed by atoms with Crippen LogP contribution < -0.4 is 0 Å². The van der Waals surface area contributed by atoms with Crippen LogP contribution in [0.2, 0.25) is 0 Å². The molecule has 0 N–H and O–H groups in total. The van der Waals surface area contributed by atoms with Gasteiger partial charge in [0.1, 0.15) is 6.61 Å². The molecule has 4 nitrogen and oxygen atoms in total. The van der Waals surface area contributed by atoms with Crippen molar-refractivity contribution in [3.63, 3.8) is 0 Å². The summed E-state index contributed by atoms with van der Waals surface area (Å²) in [7, 11) is 0. The van der Waals surface area contributed by atoms with Crippen molar-refractivity contribution < 1.29 is 14.3 Å². The van der Waals surface area contributed by atoms with Gasteiger partial charge < -0.3 is 9.64 Å². The van der Waals surface area contributed by atoms with Gasteiger partial charge in [0, 0.05) is 24.2 Å². The number of hydrogen-bond acceptors (Lipinski definition) is 4. The number of carbonyl (C=O) groups excluding carboxylic acids is 2. The molecule has 0 spiro atoms. The van der Waals surface area contributed by atoms with Crippen molar-refractivity contribution >= 4 is 23.2 Å². The predicted molar refractivity (Wildman–Crippen MR) is 89.2 cm³/mol. The first-order valence-electron chi connectivity index (χ1n) is 7.76. The second-order valence-corrected chi connectivity index (χ2v) is 6.45. The number of likely N-dealkylation sites (tertiary alicyclic amines) is 1. The van der Waals surface area contributed by atoms with Crippen LogP contribution in [0.25, 0.3) is 0 Å². The molecule has 1 fully saturated rings. The normalized spacial score (nSPS) is 15.4. The summed E-state index contributed by atoms with van der Waals surface area (Å²) >= 11 is 1.59. The molecular formula is C18H19NO3S. The third-order valence-corrected chi connectivity index (χ3v) is 4.83. The maximum atomic E-state index is 12.4. The summed E-state index contributed by atoms with van der Waals surface area (Å²) in [5.74, 6) is -0.216. The summed E-state index contributed by atoms with van der Waals surface area (Å²) in [6, 6.07) is 11.2. The minimum absolute atomic E-state index is 0.0377. The fraction of sp³-hybridized carbons (Fsp3) is 0.333. The number of carbonyl (C=O) groups is 2. The molecule has 1 saturated heterocycles. The van der Waals surface area contributed by atoms with Crippen molar-refractivity contribution in [2.75, 3.05) is 13.1 Å². The van der Waals surface area contributed by atoms with E-state index in [-0.39, 0.29) is 17.8 Å². The zero-order valence-corrected chi connectivity index (χ0v) is 13.6. The van der Waals surface area contributed by atoms with Crippen LogP contribution in [0.15, 0.2) is 47.2 Å². The number of ether oxygens (including phenoxy) is 1. The highest BCUT2D eigenvalue weighted by atomic mass is 32.1. The smallest absolute Gasteiger partial charge is 0.309 e. The Kier molecular flexibility index (Phi) is 5.08. The molecule has 0 unspecified atom stereocenters. The number of nitrogens with zero attached hydrogens (tertiary/aromatic N) is 1. The van der Waals surface area contributed by atoms with Crippen molar-refractivity contribution in [1.82, 2.24) is 4.90 Å². The molecule has 2 heterocycles. The van der Waals surface area contributed by atoms with Gasteiger partial charge >= 0.3 is 5.97 Å². The Hall–Kier alpha value is -2.14. The molecule has 0 bridgehead atoms. The molecule has 1 aromatic carbocycles. The average molecular weight is 329 g/mol. The van der Waals surface area contributed by atoms with Crippen LogP contribution in [0.4, 0.5) is 0 Å². The fourth-order valence-electron chi connectivity index (χ4n) is 2.73. The van der Waals surface area contributed by atoms with Gasteiger partial charge in [0.2, 0.25) is 0 Å². The third kappa shape index (κ3) is 3.99. The molecule has 1 aromatic heterocycles. The molecule has 3 rings (SSSR count). The molecule has 5 heteroatoms. The molecule has 0 atom stereocenters. The van der Waals surface area contributed by atoms with Gasteiger partial charge in [-0.15, -0.1) is 0 Å². The molecule has 1 amide bonds. The van der Waals surface area contributed by atoms with Crippen LogP contribution in [0, 0.1) is 5.92 Å². The van der Waals surface area contributed by atoms with Gasteiger partial charge in [-0.05, 0) is 41.8 Å². The van der Waals surface area contributed by atoms with Crippen molar-refractivity contribution in [3.8, 4) is 0 Å². The Morgan fingerprint density at radius 1 is 1.13 bits per heavy atom.